The standard InChI is InChI=1S/C18H20N4O2/c1-4-11(2)9-16-12(3)17(15(10-19)18(20)21-16)13-5-7-14(8-6-13)22(23)24/h5-8,11H,4,9H2,1-3H3,(H2,20,21)/p+1/t11-/m1/s1. The number of nitrogens with zero attached hydrogens (tertiary/aromatic N) is 2. The molecule has 1 heterocycles. The van der Waals surface area contributed by atoms with E-state index in [1.807, 2.05) is 6.92 Å². The molecule has 0 aliphatic carbocycles. The van der Waals surface area contributed by atoms with Crippen LogP contribution in [0.15, 0.2) is 24.3 Å². The van der Waals surface area contributed by atoms with E-state index in [1.165, 1.54) is 12.1 Å². The summed E-state index contributed by atoms with van der Waals surface area (Å²) in [4.78, 5) is 13.5. The van der Waals surface area contributed by atoms with Crippen molar-refractivity contribution in [2.45, 2.75) is 33.6 Å². The van der Waals surface area contributed by atoms with Gasteiger partial charge in [-0.05, 0) is 30.5 Å². The van der Waals surface area contributed by atoms with Crippen LogP contribution in [0.1, 0.15) is 37.1 Å². The minimum atomic E-state index is -0.441. The lowest BCUT2D eigenvalue weighted by atomic mass is 9.91. The van der Waals surface area contributed by atoms with Gasteiger partial charge in [-0.2, -0.15) is 5.26 Å². The molecule has 0 saturated carbocycles. The van der Waals surface area contributed by atoms with Gasteiger partial charge in [0.2, 0.25) is 0 Å². The first-order valence-corrected chi connectivity index (χ1v) is 7.88. The Bertz CT molecular complexity index is 807. The Balaban J connectivity index is 2.62. The lowest BCUT2D eigenvalue weighted by Gasteiger charge is -2.14. The van der Waals surface area contributed by atoms with Crippen molar-refractivity contribution in [3.05, 3.63) is 51.2 Å². The van der Waals surface area contributed by atoms with Crippen LogP contribution in [-0.4, -0.2) is 4.92 Å². The summed E-state index contributed by atoms with van der Waals surface area (Å²) in [6, 6.07) is 8.35. The Kier molecular flexibility index (Phi) is 5.14. The monoisotopic (exact) mass is 325 g/mol. The number of nitrogens with one attached hydrogen (secondary N) is 1. The van der Waals surface area contributed by atoms with Gasteiger partial charge in [0.1, 0.15) is 17.3 Å². The summed E-state index contributed by atoms with van der Waals surface area (Å²) in [5.41, 5.74) is 9.87. The SMILES string of the molecule is CC[C@@H](C)Cc1[nH+]c(N)c(C#N)c(-c2ccc([N+](=O)[O-])cc2)c1C. The number of benzene rings is 1. The van der Waals surface area contributed by atoms with Crippen LogP contribution < -0.4 is 10.7 Å². The fourth-order valence-corrected chi connectivity index (χ4v) is 2.72. The average Bonchev–Trinajstić information content (AvgIpc) is 2.57. The number of nitrogen functional groups attached to an aromatic ring is 1. The Morgan fingerprint density at radius 2 is 2.00 bits per heavy atom. The third-order valence-corrected chi connectivity index (χ3v) is 4.36. The summed E-state index contributed by atoms with van der Waals surface area (Å²) in [5, 5.41) is 20.3. The molecule has 0 aliphatic rings. The molecule has 0 aliphatic heterocycles. The Labute approximate surface area is 141 Å². The zero-order valence-corrected chi connectivity index (χ0v) is 14.1. The molecule has 2 aromatic rings. The maximum Gasteiger partial charge on any atom is 0.289 e. The van der Waals surface area contributed by atoms with Gasteiger partial charge in [-0.3, -0.25) is 15.8 Å². The van der Waals surface area contributed by atoms with E-state index in [0.717, 1.165) is 35.2 Å². The predicted molar refractivity (Wildman–Crippen MR) is 92.1 cm³/mol. The quantitative estimate of drug-likeness (QED) is 0.671. The Morgan fingerprint density at radius 3 is 2.50 bits per heavy atom. The van der Waals surface area contributed by atoms with E-state index in [1.54, 1.807) is 12.1 Å². The maximum absolute atomic E-state index is 10.8. The molecule has 0 unspecified atom stereocenters. The maximum atomic E-state index is 10.8. The molecule has 1 atom stereocenters. The van der Waals surface area contributed by atoms with Crippen molar-refractivity contribution < 1.29 is 9.91 Å². The van der Waals surface area contributed by atoms with Gasteiger partial charge >= 0.3 is 0 Å². The molecule has 1 aromatic carbocycles. The van der Waals surface area contributed by atoms with E-state index in [4.69, 9.17) is 5.73 Å². The predicted octanol–water partition coefficient (Wildman–Crippen LogP) is 3.43. The van der Waals surface area contributed by atoms with Gasteiger partial charge in [-0.1, -0.05) is 20.3 Å². The summed E-state index contributed by atoms with van der Waals surface area (Å²) in [7, 11) is 0. The number of hydrogen-bond donors (Lipinski definition) is 1. The topological polar surface area (TPSA) is 107 Å². The Morgan fingerprint density at radius 1 is 1.38 bits per heavy atom. The third-order valence-electron chi connectivity index (χ3n) is 4.36. The summed E-state index contributed by atoms with van der Waals surface area (Å²) < 4.78 is 0. The van der Waals surface area contributed by atoms with Crippen molar-refractivity contribution in [2.24, 2.45) is 5.92 Å². The highest BCUT2D eigenvalue weighted by atomic mass is 16.6. The number of aromatic amines is 1. The second kappa shape index (κ2) is 7.09. The summed E-state index contributed by atoms with van der Waals surface area (Å²) in [6.07, 6.45) is 1.87. The second-order valence-corrected chi connectivity index (χ2v) is 6.03. The molecule has 1 aromatic heterocycles. The van der Waals surface area contributed by atoms with Crippen molar-refractivity contribution >= 4 is 11.5 Å². The van der Waals surface area contributed by atoms with Crippen LogP contribution in [0.2, 0.25) is 0 Å². The molecule has 0 spiro atoms. The van der Waals surface area contributed by atoms with E-state index in [9.17, 15) is 15.4 Å². The lowest BCUT2D eigenvalue weighted by Crippen LogP contribution is -2.23. The molecular formula is C18H21N4O2+. The van der Waals surface area contributed by atoms with Crippen molar-refractivity contribution in [3.8, 4) is 17.2 Å². The highest BCUT2D eigenvalue weighted by Gasteiger charge is 2.22. The fraction of sp³-hybridized carbons (Fsp3) is 0.333. The summed E-state index contributed by atoms with van der Waals surface area (Å²) >= 11 is 0. The van der Waals surface area contributed by atoms with E-state index in [0.29, 0.717) is 17.3 Å². The summed E-state index contributed by atoms with van der Waals surface area (Å²) in [6.45, 7) is 6.24. The van der Waals surface area contributed by atoms with Gasteiger partial charge in [0.25, 0.3) is 11.5 Å². The van der Waals surface area contributed by atoms with Crippen molar-refractivity contribution in [3.63, 3.8) is 0 Å². The highest BCUT2D eigenvalue weighted by Crippen LogP contribution is 2.32. The zero-order chi connectivity index (χ0) is 17.9. The van der Waals surface area contributed by atoms with Crippen molar-refractivity contribution in [1.82, 2.24) is 0 Å². The molecule has 3 N–H and O–H groups in total. The van der Waals surface area contributed by atoms with E-state index in [2.05, 4.69) is 24.9 Å². The molecule has 24 heavy (non-hydrogen) atoms. The number of aromatic nitrogens is 1. The highest BCUT2D eigenvalue weighted by molar-refractivity contribution is 5.77. The molecule has 0 amide bonds. The average molecular weight is 325 g/mol. The number of non-ortho nitro benzene ring substituents is 1. The molecule has 0 saturated heterocycles. The normalized spacial score (nSPS) is 11.8. The fourth-order valence-electron chi connectivity index (χ4n) is 2.72. The first kappa shape index (κ1) is 17.4. The molecular weight excluding hydrogens is 304 g/mol. The summed E-state index contributed by atoms with van der Waals surface area (Å²) in [5.74, 6) is 0.812. The molecule has 124 valence electrons. The van der Waals surface area contributed by atoms with Crippen LogP contribution in [0.25, 0.3) is 11.1 Å². The number of pyridine rings is 1. The van der Waals surface area contributed by atoms with Gasteiger partial charge in [0, 0.05) is 29.7 Å². The van der Waals surface area contributed by atoms with Gasteiger partial charge < -0.3 is 0 Å². The molecule has 0 bridgehead atoms. The number of nitriles is 1. The van der Waals surface area contributed by atoms with Gasteiger partial charge in [-0.15, -0.1) is 0 Å². The van der Waals surface area contributed by atoms with Crippen LogP contribution in [-0.2, 0) is 6.42 Å². The number of rotatable bonds is 5. The number of nitro groups is 1. The minimum absolute atomic E-state index is 0.0187. The third kappa shape index (κ3) is 3.35. The van der Waals surface area contributed by atoms with Gasteiger partial charge in [0.15, 0.2) is 0 Å². The number of nitrogens with two attached hydrogens (primary N) is 1. The van der Waals surface area contributed by atoms with Crippen LogP contribution in [0.4, 0.5) is 11.5 Å². The van der Waals surface area contributed by atoms with Gasteiger partial charge in [0.05, 0.1) is 4.92 Å². The van der Waals surface area contributed by atoms with E-state index in [-0.39, 0.29) is 5.69 Å². The number of H-pyrrole nitrogens is 1. The molecule has 0 fully saturated rings. The Hall–Kier alpha value is -2.94. The first-order chi connectivity index (χ1) is 11.4. The second-order valence-electron chi connectivity index (χ2n) is 6.03. The first-order valence-electron chi connectivity index (χ1n) is 7.88. The molecule has 6 heteroatoms. The lowest BCUT2D eigenvalue weighted by molar-refractivity contribution is -0.384. The van der Waals surface area contributed by atoms with Crippen LogP contribution >= 0.6 is 0 Å². The smallest absolute Gasteiger partial charge is 0.286 e. The molecule has 0 radical (unpaired) electrons. The van der Waals surface area contributed by atoms with Crippen LogP contribution in [0.5, 0.6) is 0 Å². The number of anilines is 1. The minimum Gasteiger partial charge on any atom is -0.286 e. The van der Waals surface area contributed by atoms with Crippen molar-refractivity contribution in [1.29, 1.82) is 5.26 Å². The number of hydrogen-bond acceptors (Lipinski definition) is 4. The number of nitro benzene ring substituents is 1. The van der Waals surface area contributed by atoms with E-state index < -0.39 is 4.92 Å². The van der Waals surface area contributed by atoms with Crippen LogP contribution in [0, 0.1) is 34.3 Å². The molecule has 6 nitrogen and oxygen atoms in total. The zero-order valence-electron chi connectivity index (χ0n) is 14.1. The van der Waals surface area contributed by atoms with Crippen molar-refractivity contribution in [2.75, 3.05) is 5.73 Å². The van der Waals surface area contributed by atoms with Gasteiger partial charge in [-0.25, -0.2) is 4.98 Å². The largest absolute Gasteiger partial charge is 0.289 e. The molecule has 2 rings (SSSR count). The van der Waals surface area contributed by atoms with E-state index >= 15 is 0 Å². The van der Waals surface area contributed by atoms with Crippen LogP contribution in [0.3, 0.4) is 0 Å².